The van der Waals surface area contributed by atoms with Crippen molar-refractivity contribution in [1.29, 1.82) is 0 Å². The topological polar surface area (TPSA) is 73.9 Å². The Bertz CT molecular complexity index is 1150. The second kappa shape index (κ2) is 10.1. The summed E-state index contributed by atoms with van der Waals surface area (Å²) in [5, 5.41) is 3.46. The predicted octanol–water partition coefficient (Wildman–Crippen LogP) is 5.47. The first kappa shape index (κ1) is 22.9. The van der Waals surface area contributed by atoms with Gasteiger partial charge in [0.1, 0.15) is 5.00 Å². The van der Waals surface area contributed by atoms with Gasteiger partial charge in [0.2, 0.25) is 0 Å². The van der Waals surface area contributed by atoms with Gasteiger partial charge in [0.25, 0.3) is 5.91 Å². The van der Waals surface area contributed by atoms with Crippen molar-refractivity contribution in [1.82, 2.24) is 0 Å². The number of carbonyl (C=O) groups excluding carboxylic acids is 2. The quantitative estimate of drug-likeness (QED) is 0.469. The van der Waals surface area contributed by atoms with Crippen molar-refractivity contribution in [3.05, 3.63) is 75.7 Å². The molecule has 0 radical (unpaired) electrons. The molecule has 172 valence electrons. The molecule has 1 aliphatic rings. The van der Waals surface area contributed by atoms with Gasteiger partial charge in [0.05, 0.1) is 32.0 Å². The van der Waals surface area contributed by atoms with E-state index in [1.165, 1.54) is 31.1 Å². The van der Waals surface area contributed by atoms with E-state index in [9.17, 15) is 9.59 Å². The van der Waals surface area contributed by atoms with E-state index in [4.69, 9.17) is 14.2 Å². The fraction of sp³-hybridized carbons (Fsp3) is 0.308. The van der Waals surface area contributed by atoms with E-state index in [0.717, 1.165) is 29.7 Å². The smallest absolute Gasteiger partial charge is 0.341 e. The lowest BCUT2D eigenvalue weighted by Crippen LogP contribution is -2.17. The van der Waals surface area contributed by atoms with E-state index in [0.29, 0.717) is 33.5 Å². The van der Waals surface area contributed by atoms with Crippen LogP contribution in [-0.2, 0) is 17.6 Å². The van der Waals surface area contributed by atoms with Gasteiger partial charge in [-0.1, -0.05) is 36.4 Å². The molecule has 0 spiro atoms. The van der Waals surface area contributed by atoms with Crippen molar-refractivity contribution in [3.8, 4) is 11.5 Å². The molecule has 0 aliphatic heterocycles. The standard InChI is InChI=1S/C26H27NO5S/c1-4-32-26(29)22-18-14-13-17(16-9-6-5-7-10-16)15-21(18)33-25(22)27-24(28)19-11-8-12-20(30-2)23(19)31-3/h5-12,17H,4,13-15H2,1-3H3,(H,27,28)/t17-/m0/s1. The Kier molecular flexibility index (Phi) is 6.99. The average molecular weight is 466 g/mol. The van der Waals surface area contributed by atoms with Crippen LogP contribution in [0.4, 0.5) is 5.00 Å². The highest BCUT2D eigenvalue weighted by molar-refractivity contribution is 7.17. The molecule has 33 heavy (non-hydrogen) atoms. The number of benzene rings is 2. The highest BCUT2D eigenvalue weighted by atomic mass is 32.1. The van der Waals surface area contributed by atoms with Crippen LogP contribution in [0.3, 0.4) is 0 Å². The van der Waals surface area contributed by atoms with Crippen LogP contribution in [0.2, 0.25) is 0 Å². The van der Waals surface area contributed by atoms with Gasteiger partial charge >= 0.3 is 5.97 Å². The normalized spacial score (nSPS) is 14.8. The van der Waals surface area contributed by atoms with Crippen molar-refractivity contribution in [3.63, 3.8) is 0 Å². The van der Waals surface area contributed by atoms with Gasteiger partial charge in [-0.3, -0.25) is 4.79 Å². The lowest BCUT2D eigenvalue weighted by molar-refractivity contribution is 0.0526. The van der Waals surface area contributed by atoms with Gasteiger partial charge in [0.15, 0.2) is 11.5 Å². The molecule has 0 bridgehead atoms. The van der Waals surface area contributed by atoms with Crippen LogP contribution in [-0.4, -0.2) is 32.7 Å². The van der Waals surface area contributed by atoms with Gasteiger partial charge in [-0.15, -0.1) is 11.3 Å². The third-order valence-corrected chi connectivity index (χ3v) is 7.06. The number of methoxy groups -OCH3 is 2. The van der Waals surface area contributed by atoms with Gasteiger partial charge < -0.3 is 19.5 Å². The number of esters is 1. The zero-order chi connectivity index (χ0) is 23.4. The number of amides is 1. The second-order valence-electron chi connectivity index (χ2n) is 7.77. The second-order valence-corrected chi connectivity index (χ2v) is 8.88. The van der Waals surface area contributed by atoms with Crippen LogP contribution in [0.15, 0.2) is 48.5 Å². The Morgan fingerprint density at radius 1 is 1.06 bits per heavy atom. The Morgan fingerprint density at radius 3 is 2.55 bits per heavy atom. The first-order valence-corrected chi connectivity index (χ1v) is 11.8. The molecule has 1 amide bonds. The molecule has 0 fully saturated rings. The summed E-state index contributed by atoms with van der Waals surface area (Å²) >= 11 is 1.46. The maximum Gasteiger partial charge on any atom is 0.341 e. The van der Waals surface area contributed by atoms with Crippen molar-refractivity contribution < 1.29 is 23.8 Å². The number of nitrogens with one attached hydrogen (secondary N) is 1. The summed E-state index contributed by atoms with van der Waals surface area (Å²) in [7, 11) is 3.02. The minimum atomic E-state index is -0.402. The molecule has 1 atom stereocenters. The van der Waals surface area contributed by atoms with Crippen LogP contribution in [0.25, 0.3) is 0 Å². The van der Waals surface area contributed by atoms with E-state index in [1.807, 2.05) is 6.07 Å². The van der Waals surface area contributed by atoms with Crippen molar-refractivity contribution in [2.45, 2.75) is 32.1 Å². The largest absolute Gasteiger partial charge is 0.493 e. The predicted molar refractivity (Wildman–Crippen MR) is 129 cm³/mol. The zero-order valence-corrected chi connectivity index (χ0v) is 19.8. The van der Waals surface area contributed by atoms with E-state index >= 15 is 0 Å². The number of hydrogen-bond acceptors (Lipinski definition) is 6. The highest BCUT2D eigenvalue weighted by Gasteiger charge is 2.31. The van der Waals surface area contributed by atoms with E-state index in [-0.39, 0.29) is 12.5 Å². The number of ether oxygens (including phenoxy) is 3. The first-order chi connectivity index (χ1) is 16.1. The monoisotopic (exact) mass is 465 g/mol. The number of carbonyl (C=O) groups is 2. The maximum absolute atomic E-state index is 13.2. The van der Waals surface area contributed by atoms with Gasteiger partial charge in [0, 0.05) is 4.88 Å². The molecular weight excluding hydrogens is 438 g/mol. The summed E-state index contributed by atoms with van der Waals surface area (Å²) in [5.74, 6) is 0.428. The van der Waals surface area contributed by atoms with Crippen molar-refractivity contribution in [2.24, 2.45) is 0 Å². The third-order valence-electron chi connectivity index (χ3n) is 5.89. The maximum atomic E-state index is 13.2. The molecule has 0 saturated heterocycles. The third kappa shape index (κ3) is 4.59. The molecule has 7 heteroatoms. The number of thiophene rings is 1. The van der Waals surface area contributed by atoms with E-state index in [1.54, 1.807) is 25.1 Å². The van der Waals surface area contributed by atoms with Crippen LogP contribution >= 0.6 is 11.3 Å². The summed E-state index contributed by atoms with van der Waals surface area (Å²) < 4.78 is 16.1. The Hall–Kier alpha value is -3.32. The molecule has 1 aromatic heterocycles. The van der Waals surface area contributed by atoms with E-state index < -0.39 is 5.97 Å². The van der Waals surface area contributed by atoms with Gasteiger partial charge in [-0.2, -0.15) is 0 Å². The Labute approximate surface area is 197 Å². The lowest BCUT2D eigenvalue weighted by atomic mass is 9.83. The molecule has 4 rings (SSSR count). The molecule has 3 aromatic rings. The van der Waals surface area contributed by atoms with Gasteiger partial charge in [-0.25, -0.2) is 4.79 Å². The van der Waals surface area contributed by atoms with Crippen molar-refractivity contribution >= 4 is 28.2 Å². The number of hydrogen-bond donors (Lipinski definition) is 1. The van der Waals surface area contributed by atoms with Crippen molar-refractivity contribution in [2.75, 3.05) is 26.1 Å². The summed E-state index contributed by atoms with van der Waals surface area (Å²) in [4.78, 5) is 27.2. The number of para-hydroxylation sites is 1. The lowest BCUT2D eigenvalue weighted by Gasteiger charge is -2.23. The molecule has 1 N–H and O–H groups in total. The first-order valence-electron chi connectivity index (χ1n) is 11.0. The number of rotatable bonds is 7. The minimum Gasteiger partial charge on any atom is -0.493 e. The van der Waals surface area contributed by atoms with Crippen LogP contribution in [0.1, 0.15) is 56.0 Å². The molecule has 1 heterocycles. The van der Waals surface area contributed by atoms with Crippen LogP contribution in [0, 0.1) is 0 Å². The number of anilines is 1. The molecule has 0 saturated carbocycles. The molecular formula is C26H27NO5S. The molecule has 2 aromatic carbocycles. The minimum absolute atomic E-state index is 0.271. The SMILES string of the molecule is CCOC(=O)c1c(NC(=O)c2cccc(OC)c2OC)sc2c1CC[C@H](c1ccccc1)C2. The summed E-state index contributed by atoms with van der Waals surface area (Å²) in [6, 6.07) is 15.5. The van der Waals surface area contributed by atoms with Gasteiger partial charge in [-0.05, 0) is 55.4 Å². The average Bonchev–Trinajstić information content (AvgIpc) is 3.21. The van der Waals surface area contributed by atoms with Crippen LogP contribution < -0.4 is 14.8 Å². The molecule has 6 nitrogen and oxygen atoms in total. The Morgan fingerprint density at radius 2 is 1.85 bits per heavy atom. The molecule has 0 unspecified atom stereocenters. The fourth-order valence-corrected chi connectivity index (χ4v) is 5.65. The molecule has 1 aliphatic carbocycles. The number of fused-ring (bicyclic) bond motifs is 1. The summed E-state index contributed by atoms with van der Waals surface area (Å²) in [6.07, 6.45) is 2.53. The summed E-state index contributed by atoms with van der Waals surface area (Å²) in [6.45, 7) is 2.05. The summed E-state index contributed by atoms with van der Waals surface area (Å²) in [5.41, 5.74) is 3.08. The Balaban J connectivity index is 1.68. The highest BCUT2D eigenvalue weighted by Crippen LogP contribution is 2.43. The zero-order valence-electron chi connectivity index (χ0n) is 19.0. The van der Waals surface area contributed by atoms with Crippen LogP contribution in [0.5, 0.6) is 11.5 Å². The van der Waals surface area contributed by atoms with E-state index in [2.05, 4.69) is 29.6 Å². The fourth-order valence-electron chi connectivity index (χ4n) is 4.34.